The number of methoxy groups -OCH3 is 1. The minimum absolute atomic E-state index is 0.0312. The number of aromatic nitrogens is 2. The van der Waals surface area contributed by atoms with Gasteiger partial charge in [0.05, 0.1) is 18.2 Å². The summed E-state index contributed by atoms with van der Waals surface area (Å²) in [7, 11) is 2.92. The largest absolute Gasteiger partial charge is 0.480 e. The van der Waals surface area contributed by atoms with E-state index in [1.807, 2.05) is 30.3 Å². The van der Waals surface area contributed by atoms with Gasteiger partial charge in [-0.2, -0.15) is 0 Å². The highest BCUT2D eigenvalue weighted by molar-refractivity contribution is 6.31. The Hall–Kier alpha value is -4.76. The Morgan fingerprint density at radius 3 is 2.27 bits per heavy atom. The number of rotatable bonds is 9. The van der Waals surface area contributed by atoms with E-state index in [0.717, 1.165) is 10.2 Å². The molecule has 4 aromatic rings. The van der Waals surface area contributed by atoms with Crippen LogP contribution in [-0.4, -0.2) is 46.7 Å². The molecule has 40 heavy (non-hydrogen) atoms. The number of carboxylic acids is 1. The third-order valence-corrected chi connectivity index (χ3v) is 6.69. The highest BCUT2D eigenvalue weighted by atomic mass is 35.5. The van der Waals surface area contributed by atoms with E-state index in [1.54, 1.807) is 18.2 Å². The summed E-state index contributed by atoms with van der Waals surface area (Å²) >= 11 is 6.20. The SMILES string of the molecule is COc1nn([C@@H](Cc2ccccc2)C(=O)N(C)c2ccc(C(=O)O)cc2)c(=O)cc1-c1cc(Cl)ccc1C(C)=O. The minimum Gasteiger partial charge on any atom is -0.480 e. The number of anilines is 1. The smallest absolute Gasteiger partial charge is 0.335 e. The predicted molar refractivity (Wildman–Crippen MR) is 151 cm³/mol. The van der Waals surface area contributed by atoms with Crippen LogP contribution in [-0.2, 0) is 11.2 Å². The molecule has 4 rings (SSSR count). The van der Waals surface area contributed by atoms with Crippen molar-refractivity contribution in [3.05, 3.63) is 111 Å². The van der Waals surface area contributed by atoms with Crippen molar-refractivity contribution in [1.29, 1.82) is 0 Å². The number of hydrogen-bond donors (Lipinski definition) is 1. The van der Waals surface area contributed by atoms with Gasteiger partial charge in [-0.05, 0) is 60.5 Å². The Bertz CT molecular complexity index is 1630. The van der Waals surface area contributed by atoms with E-state index in [2.05, 4.69) is 5.10 Å². The summed E-state index contributed by atoms with van der Waals surface area (Å²) in [5.74, 6) is -1.74. The van der Waals surface area contributed by atoms with Gasteiger partial charge < -0.3 is 14.7 Å². The molecular formula is C30H26ClN3O6. The molecule has 0 saturated heterocycles. The molecule has 0 aliphatic carbocycles. The van der Waals surface area contributed by atoms with Crippen LogP contribution in [0.15, 0.2) is 83.7 Å². The summed E-state index contributed by atoms with van der Waals surface area (Å²) < 4.78 is 6.59. The van der Waals surface area contributed by atoms with Crippen molar-refractivity contribution in [2.45, 2.75) is 19.4 Å². The van der Waals surface area contributed by atoms with Crippen LogP contribution in [0.3, 0.4) is 0 Å². The van der Waals surface area contributed by atoms with Crippen molar-refractivity contribution < 1.29 is 24.2 Å². The molecular weight excluding hydrogens is 534 g/mol. The monoisotopic (exact) mass is 559 g/mol. The first-order valence-corrected chi connectivity index (χ1v) is 12.6. The van der Waals surface area contributed by atoms with E-state index in [4.69, 9.17) is 16.3 Å². The molecule has 0 spiro atoms. The van der Waals surface area contributed by atoms with Crippen LogP contribution < -0.4 is 15.2 Å². The lowest BCUT2D eigenvalue weighted by Crippen LogP contribution is -2.40. The topological polar surface area (TPSA) is 119 Å². The van der Waals surface area contributed by atoms with Gasteiger partial charge in [-0.25, -0.2) is 9.48 Å². The van der Waals surface area contributed by atoms with Crippen LogP contribution in [0.5, 0.6) is 5.88 Å². The number of aromatic carboxylic acids is 1. The molecule has 3 aromatic carbocycles. The molecule has 0 unspecified atom stereocenters. The van der Waals surface area contributed by atoms with Gasteiger partial charge in [0.1, 0.15) is 6.04 Å². The van der Waals surface area contributed by atoms with Crippen molar-refractivity contribution in [2.24, 2.45) is 0 Å². The lowest BCUT2D eigenvalue weighted by molar-refractivity contribution is -0.121. The first kappa shape index (κ1) is 28.3. The number of carboxylic acid groups (broad SMARTS) is 1. The summed E-state index contributed by atoms with van der Waals surface area (Å²) in [6, 6.07) is 19.9. The van der Waals surface area contributed by atoms with Crippen LogP contribution in [0.4, 0.5) is 5.69 Å². The number of nitrogens with zero attached hydrogens (tertiary/aromatic N) is 3. The summed E-state index contributed by atoms with van der Waals surface area (Å²) in [4.78, 5) is 52.3. The average Bonchev–Trinajstić information content (AvgIpc) is 2.95. The maximum atomic E-state index is 13.9. The zero-order valence-electron chi connectivity index (χ0n) is 22.0. The van der Waals surface area contributed by atoms with E-state index in [-0.39, 0.29) is 29.2 Å². The lowest BCUT2D eigenvalue weighted by Gasteiger charge is -2.25. The molecule has 0 saturated carbocycles. The van der Waals surface area contributed by atoms with Crippen LogP contribution in [0.1, 0.15) is 39.2 Å². The van der Waals surface area contributed by atoms with Gasteiger partial charge in [0.2, 0.25) is 5.88 Å². The summed E-state index contributed by atoms with van der Waals surface area (Å²) in [5.41, 5.74) is 1.71. The van der Waals surface area contributed by atoms with Crippen molar-refractivity contribution in [3.8, 4) is 17.0 Å². The van der Waals surface area contributed by atoms with Crippen molar-refractivity contribution in [3.63, 3.8) is 0 Å². The molecule has 9 nitrogen and oxygen atoms in total. The lowest BCUT2D eigenvalue weighted by atomic mass is 9.98. The van der Waals surface area contributed by atoms with E-state index in [1.165, 1.54) is 56.3 Å². The molecule has 0 radical (unpaired) electrons. The number of benzene rings is 3. The predicted octanol–water partition coefficient (Wildman–Crippen LogP) is 4.92. The zero-order chi connectivity index (χ0) is 29.0. The Labute approximate surface area is 235 Å². The van der Waals surface area contributed by atoms with E-state index in [9.17, 15) is 24.3 Å². The Morgan fingerprint density at radius 1 is 1.00 bits per heavy atom. The Kier molecular flexibility index (Phi) is 8.45. The van der Waals surface area contributed by atoms with Crippen LogP contribution >= 0.6 is 11.6 Å². The van der Waals surface area contributed by atoms with Crippen LogP contribution in [0.2, 0.25) is 5.02 Å². The second-order valence-corrected chi connectivity index (χ2v) is 9.49. The molecule has 0 aliphatic heterocycles. The third-order valence-electron chi connectivity index (χ3n) is 6.45. The highest BCUT2D eigenvalue weighted by Gasteiger charge is 2.29. The number of Topliss-reactive ketones (excluding diaryl/α,β-unsaturated/α-hetero) is 1. The van der Waals surface area contributed by atoms with Crippen molar-refractivity contribution in [1.82, 2.24) is 9.78 Å². The number of carbonyl (C=O) groups excluding carboxylic acids is 2. The average molecular weight is 560 g/mol. The van der Waals surface area contributed by atoms with Gasteiger partial charge in [0.15, 0.2) is 5.78 Å². The van der Waals surface area contributed by atoms with Crippen LogP contribution in [0.25, 0.3) is 11.1 Å². The standard InChI is InChI=1S/C30H26ClN3O6/c1-18(35)23-14-11-21(31)16-24(23)25-17-27(36)34(32-28(25)40-3)26(15-19-7-5-4-6-8-19)29(37)33(2)22-12-9-20(10-13-22)30(38)39/h4-14,16-17,26H,15H2,1-3H3,(H,38,39)/t26-/m0/s1. The van der Waals surface area contributed by atoms with Gasteiger partial charge in [-0.1, -0.05) is 41.9 Å². The van der Waals surface area contributed by atoms with Gasteiger partial charge in [0.25, 0.3) is 11.5 Å². The maximum absolute atomic E-state index is 13.9. The number of carbonyl (C=O) groups is 3. The zero-order valence-corrected chi connectivity index (χ0v) is 22.8. The summed E-state index contributed by atoms with van der Waals surface area (Å²) in [6.45, 7) is 1.40. The first-order valence-electron chi connectivity index (χ1n) is 12.2. The number of amides is 1. The highest BCUT2D eigenvalue weighted by Crippen LogP contribution is 2.33. The van der Waals surface area contributed by atoms with Gasteiger partial charge in [-0.15, -0.1) is 5.10 Å². The number of halogens is 1. The van der Waals surface area contributed by atoms with Gasteiger partial charge >= 0.3 is 5.97 Å². The van der Waals surface area contributed by atoms with Gasteiger partial charge in [0, 0.05) is 35.8 Å². The molecule has 1 aromatic heterocycles. The summed E-state index contributed by atoms with van der Waals surface area (Å²) in [6.07, 6.45) is 0.141. The van der Waals surface area contributed by atoms with E-state index in [0.29, 0.717) is 21.8 Å². The molecule has 10 heteroatoms. The second-order valence-electron chi connectivity index (χ2n) is 9.05. The second kappa shape index (κ2) is 12.0. The fourth-order valence-electron chi connectivity index (χ4n) is 4.36. The van der Waals surface area contributed by atoms with Crippen molar-refractivity contribution >= 4 is 34.9 Å². The third kappa shape index (κ3) is 5.94. The summed E-state index contributed by atoms with van der Waals surface area (Å²) in [5, 5.41) is 14.0. The quantitative estimate of drug-likeness (QED) is 0.289. The normalized spacial score (nSPS) is 11.5. The van der Waals surface area contributed by atoms with Gasteiger partial charge in [-0.3, -0.25) is 14.4 Å². The Morgan fingerprint density at radius 2 is 1.68 bits per heavy atom. The molecule has 1 N–H and O–H groups in total. The van der Waals surface area contributed by atoms with Crippen molar-refractivity contribution in [2.75, 3.05) is 19.1 Å². The van der Waals surface area contributed by atoms with Crippen LogP contribution in [0, 0.1) is 0 Å². The number of likely N-dealkylation sites (N-methyl/N-ethyl adjacent to an activating group) is 1. The fraction of sp³-hybridized carbons (Fsp3) is 0.167. The molecule has 0 fully saturated rings. The Balaban J connectivity index is 1.83. The number of ketones is 1. The van der Waals surface area contributed by atoms with E-state index >= 15 is 0 Å². The molecule has 0 aliphatic rings. The molecule has 0 bridgehead atoms. The fourth-order valence-corrected chi connectivity index (χ4v) is 4.53. The number of hydrogen-bond acceptors (Lipinski definition) is 6. The minimum atomic E-state index is -1.09. The molecule has 1 heterocycles. The molecule has 1 atom stereocenters. The molecule has 204 valence electrons. The first-order chi connectivity index (χ1) is 19.1. The van der Waals surface area contributed by atoms with E-state index < -0.39 is 23.5 Å². The molecule has 1 amide bonds. The number of ether oxygens (including phenoxy) is 1. The maximum Gasteiger partial charge on any atom is 0.335 e.